The Morgan fingerprint density at radius 1 is 0.536 bits per heavy atom. The van der Waals surface area contributed by atoms with Crippen LogP contribution >= 0.6 is 23.5 Å². The second-order valence-electron chi connectivity index (χ2n) is 26.7. The molecule has 15 rings (SSSR count). The molecule has 12 unspecified atom stereocenters. The fraction of sp³-hybridized carbons (Fsp3) is 0.380. The zero-order valence-corrected chi connectivity index (χ0v) is 59.6. The summed E-state index contributed by atoms with van der Waals surface area (Å²) < 4.78 is 79.7. The van der Waals surface area contributed by atoms with Crippen LogP contribution in [0.2, 0.25) is 0 Å². The SMILES string of the molecule is O=COc1cc(C(=O)NCc2nnn(C3C(O)[C@@H](CO)OC(S[C@@H]4OC(CO)[C@H](O)[C@H](n5cc(-c6cccc(F)c6)nn5)C4O)[C@@H]3O)n2)ccc1C1c2ccc(O)cc2OC2=CC(=O)C=CC21.OCC1O[C@@H](SC2O[C@H](CO)C(O)C(n3cc(-c4cccc(F)c4)nn3)[C@H]2O)C(O)[C@@H](n2cc(-c3cccc(F)c3)nn2)[C@H]1O. The number of aromatic nitrogens is 13. The van der Waals surface area contributed by atoms with Gasteiger partial charge in [0.25, 0.3) is 12.4 Å². The lowest BCUT2D eigenvalue weighted by Crippen LogP contribution is -2.58. The molecule has 9 aromatic rings. The first-order valence-corrected chi connectivity index (χ1v) is 36.5. The number of nitrogens with one attached hydrogen (secondary N) is 1. The first kappa shape index (κ1) is 78.8. The van der Waals surface area contributed by atoms with Crippen molar-refractivity contribution in [3.05, 3.63) is 192 Å². The Labute approximate surface area is 638 Å². The van der Waals surface area contributed by atoms with Crippen molar-refractivity contribution in [1.29, 1.82) is 0 Å². The molecule has 41 heteroatoms. The molecule has 0 spiro atoms. The molecule has 36 nitrogen and oxygen atoms in total. The number of carbonyl (C=O) groups excluding carboxylic acids is 3. The van der Waals surface area contributed by atoms with E-state index in [2.05, 4.69) is 51.7 Å². The molecule has 0 bridgehead atoms. The minimum absolute atomic E-state index is 0.0359. The van der Waals surface area contributed by atoms with Gasteiger partial charge in [0, 0.05) is 57.4 Å². The Bertz CT molecular complexity index is 4810. The van der Waals surface area contributed by atoms with E-state index in [1.807, 2.05) is 0 Å². The molecule has 590 valence electrons. The molecule has 4 fully saturated rings. The van der Waals surface area contributed by atoms with Gasteiger partial charge in [-0.1, -0.05) is 93.8 Å². The summed E-state index contributed by atoms with van der Waals surface area (Å²) in [5, 5.41) is 180. The number of aromatic hydroxyl groups is 1. The number of benzene rings is 5. The maximum Gasteiger partial charge on any atom is 0.298 e. The molecule has 6 aliphatic rings. The second kappa shape index (κ2) is 33.8. The Kier molecular flexibility index (Phi) is 23.8. The third-order valence-electron chi connectivity index (χ3n) is 19.7. The van der Waals surface area contributed by atoms with Crippen LogP contribution in [0.15, 0.2) is 152 Å². The summed E-state index contributed by atoms with van der Waals surface area (Å²) >= 11 is 1.52. The Morgan fingerprint density at radius 3 is 1.41 bits per heavy atom. The molecule has 4 saturated heterocycles. The number of ether oxygens (including phenoxy) is 6. The second-order valence-corrected chi connectivity index (χ2v) is 29.1. The van der Waals surface area contributed by atoms with E-state index in [0.29, 0.717) is 39.3 Å². The number of ketones is 1. The van der Waals surface area contributed by atoms with Crippen molar-refractivity contribution in [2.24, 2.45) is 5.92 Å². The highest BCUT2D eigenvalue weighted by atomic mass is 32.2. The standard InChI is InChI=1S/C43H41FN8O14S.C28H30F2N6O8S/c44-21-3-1-2-19(10-21)27-15-51(49-46-27)35-37(58)31(16-53)65-42(39(35)60)67-43-40(61)36(38(59)32(17-54)66-43)52-48-33(47-50-52)14-45-41(62)20-4-7-24(28(11-20)63-18-55)34-25-8-5-22(56)12-29(25)64-30-13-23(57)6-9-26(30)34;29-15-5-1-3-13(7-15)17-9-35(33-31-17)21-23(39)19(11-37)43-27(25(21)41)45-28-26(42)22(24(40)20(12-38)44-28)36-10-18(32-34-36)14-4-2-6-16(30)8-14/h1-13,15,18,25,31-32,34-40,42-43,53-54,57-61H,14,16-17H2,(H,45,62);1-10,19-28,37-42H,11-12H2/t25?,31?,32-,34?,35+,36?,37+,38?,39?,40-,42+,43?;19-,20?,21?,22+,23?,24+,25-,26?,27?,28+/m11/s1. The van der Waals surface area contributed by atoms with E-state index in [4.69, 9.17) is 28.4 Å². The van der Waals surface area contributed by atoms with Gasteiger partial charge in [0.2, 0.25) is 0 Å². The zero-order valence-electron chi connectivity index (χ0n) is 57.9. The van der Waals surface area contributed by atoms with Gasteiger partial charge in [0.05, 0.1) is 51.6 Å². The van der Waals surface area contributed by atoms with Crippen molar-refractivity contribution >= 4 is 41.7 Å². The van der Waals surface area contributed by atoms with Crippen LogP contribution in [0.3, 0.4) is 0 Å². The number of thioether (sulfide) groups is 2. The molecule has 5 aromatic carbocycles. The van der Waals surface area contributed by atoms with E-state index in [1.165, 1.54) is 119 Å². The number of allylic oxidation sites excluding steroid dienone is 3. The van der Waals surface area contributed by atoms with Crippen LogP contribution < -0.4 is 14.8 Å². The van der Waals surface area contributed by atoms with E-state index < -0.39 is 181 Å². The quantitative estimate of drug-likeness (QED) is 0.0410. The average molecular weight is 1590 g/mol. The fourth-order valence-electron chi connectivity index (χ4n) is 14.1. The lowest BCUT2D eigenvalue weighted by atomic mass is 9.75. The Morgan fingerprint density at radius 2 is 0.973 bits per heavy atom. The number of fused-ring (bicyclic) bond motifs is 2. The van der Waals surface area contributed by atoms with Crippen LogP contribution in [0.1, 0.15) is 57.4 Å². The molecule has 1 aliphatic carbocycles. The van der Waals surface area contributed by atoms with Gasteiger partial charge in [-0.2, -0.15) is 4.80 Å². The van der Waals surface area contributed by atoms with Gasteiger partial charge >= 0.3 is 0 Å². The molecular weight excluding hydrogens is 1520 g/mol. The molecule has 112 heavy (non-hydrogen) atoms. The van der Waals surface area contributed by atoms with Gasteiger partial charge in [0.15, 0.2) is 11.6 Å². The number of aliphatic hydroxyl groups is 12. The summed E-state index contributed by atoms with van der Waals surface area (Å²) in [6.45, 7) is -2.80. The van der Waals surface area contributed by atoms with Gasteiger partial charge < -0.3 is 100 Å². The van der Waals surface area contributed by atoms with Crippen LogP contribution in [0, 0.1) is 23.4 Å². The maximum atomic E-state index is 13.9. The van der Waals surface area contributed by atoms with E-state index >= 15 is 0 Å². The Hall–Kier alpha value is -9.87. The highest BCUT2D eigenvalue weighted by molar-refractivity contribution is 8.00. The summed E-state index contributed by atoms with van der Waals surface area (Å²) in [5.74, 6) is -2.97. The number of phenols is 1. The van der Waals surface area contributed by atoms with Crippen molar-refractivity contribution in [2.75, 3.05) is 26.4 Å². The van der Waals surface area contributed by atoms with Crippen molar-refractivity contribution in [1.82, 2.24) is 70.5 Å². The summed E-state index contributed by atoms with van der Waals surface area (Å²) in [4.78, 5) is 38.4. The summed E-state index contributed by atoms with van der Waals surface area (Å²) in [6, 6.07) is 20.7. The van der Waals surface area contributed by atoms with Crippen LogP contribution in [-0.4, -0.2) is 271 Å². The molecular formula is C71H71F3N14O22S2. The first-order chi connectivity index (χ1) is 54.0. The van der Waals surface area contributed by atoms with Gasteiger partial charge in [-0.05, 0) is 65.9 Å². The van der Waals surface area contributed by atoms with Crippen molar-refractivity contribution < 1.29 is 122 Å². The van der Waals surface area contributed by atoms with Crippen LogP contribution in [0.4, 0.5) is 13.2 Å². The first-order valence-electron chi connectivity index (χ1n) is 34.6. The summed E-state index contributed by atoms with van der Waals surface area (Å²) in [5.41, 5.74) is -2.01. The Balaban J connectivity index is 0.000000201. The van der Waals surface area contributed by atoms with Crippen LogP contribution in [0.5, 0.6) is 17.2 Å². The van der Waals surface area contributed by atoms with E-state index in [1.54, 1.807) is 36.4 Å². The monoisotopic (exact) mass is 1590 g/mol. The summed E-state index contributed by atoms with van der Waals surface area (Å²) in [6.07, 6.45) is -8.66. The number of tetrazole rings is 1. The number of aliphatic hydroxyl groups excluding tert-OH is 12. The largest absolute Gasteiger partial charge is 0.508 e. The van der Waals surface area contributed by atoms with Gasteiger partial charge in [-0.15, -0.1) is 25.5 Å². The predicted octanol–water partition coefficient (Wildman–Crippen LogP) is -0.326. The number of amides is 1. The van der Waals surface area contributed by atoms with Crippen LogP contribution in [0.25, 0.3) is 33.8 Å². The van der Waals surface area contributed by atoms with Crippen molar-refractivity contribution in [3.8, 4) is 51.0 Å². The van der Waals surface area contributed by atoms with E-state index in [-0.39, 0.29) is 58.8 Å². The molecule has 9 heterocycles. The molecule has 22 atom stereocenters. The van der Waals surface area contributed by atoms with E-state index in [0.717, 1.165) is 33.0 Å². The smallest absolute Gasteiger partial charge is 0.298 e. The normalized spacial score (nSPS) is 30.2. The maximum absolute atomic E-state index is 13.9. The number of phenolic OH excluding ortho intramolecular Hbond substituents is 1. The minimum Gasteiger partial charge on any atom is -0.508 e. The summed E-state index contributed by atoms with van der Waals surface area (Å²) in [7, 11) is 0. The number of carbonyl (C=O) groups is 3. The van der Waals surface area contributed by atoms with Gasteiger partial charge in [0.1, 0.15) is 177 Å². The van der Waals surface area contributed by atoms with Crippen LogP contribution in [-0.2, 0) is 35.1 Å². The fourth-order valence-corrected chi connectivity index (χ4v) is 16.7. The average Bonchev–Trinajstić information content (AvgIpc) is 1.16. The van der Waals surface area contributed by atoms with E-state index in [9.17, 15) is 93.9 Å². The lowest BCUT2D eigenvalue weighted by Gasteiger charge is -2.46. The topological polar surface area (TPSA) is 517 Å². The lowest BCUT2D eigenvalue weighted by molar-refractivity contribution is -0.190. The van der Waals surface area contributed by atoms with Gasteiger partial charge in [-0.3, -0.25) is 14.4 Å². The molecule has 1 amide bonds. The minimum atomic E-state index is -1.67. The van der Waals surface area contributed by atoms with Gasteiger partial charge in [-0.25, -0.2) is 27.2 Å². The number of hydrogen-bond donors (Lipinski definition) is 14. The molecule has 0 radical (unpaired) electrons. The molecule has 14 N–H and O–H groups in total. The molecule has 5 aliphatic heterocycles. The number of nitrogens with zero attached hydrogens (tertiary/aromatic N) is 13. The van der Waals surface area contributed by atoms with Crippen molar-refractivity contribution in [3.63, 3.8) is 0 Å². The number of rotatable bonds is 21. The molecule has 4 aromatic heterocycles. The zero-order chi connectivity index (χ0) is 78.9. The predicted molar refractivity (Wildman–Crippen MR) is 377 cm³/mol. The third-order valence-corrected chi connectivity index (χ3v) is 22.3. The third kappa shape index (κ3) is 16.1. The number of halogens is 3. The highest BCUT2D eigenvalue weighted by Crippen LogP contribution is 2.51. The number of hydrogen-bond acceptors (Lipinski definition) is 33. The molecule has 0 saturated carbocycles. The van der Waals surface area contributed by atoms with Crippen molar-refractivity contribution in [2.45, 2.75) is 132 Å². The highest BCUT2D eigenvalue weighted by Gasteiger charge is 2.54.